The molecular formula is C10H13BO3. The molecule has 0 atom stereocenters. The van der Waals surface area contributed by atoms with Crippen LogP contribution in [0.25, 0.3) is 0 Å². The topological polar surface area (TPSA) is 27.7 Å². The lowest BCUT2D eigenvalue weighted by Crippen LogP contribution is -2.36. The zero-order valence-corrected chi connectivity index (χ0v) is 8.40. The fraction of sp³-hybridized carbons (Fsp3) is 0.400. The molecule has 0 bridgehead atoms. The summed E-state index contributed by atoms with van der Waals surface area (Å²) in [6.45, 7) is 4.45. The van der Waals surface area contributed by atoms with Gasteiger partial charge in [0.05, 0.1) is 6.61 Å². The van der Waals surface area contributed by atoms with E-state index in [2.05, 4.69) is 0 Å². The predicted octanol–water partition coefficient (Wildman–Crippen LogP) is 2.01. The first-order chi connectivity index (χ1) is 6.75. The molecule has 4 heteroatoms. The van der Waals surface area contributed by atoms with Gasteiger partial charge in [0.15, 0.2) is 0 Å². The maximum absolute atomic E-state index is 5.50. The molecule has 1 heterocycles. The van der Waals surface area contributed by atoms with Crippen LogP contribution >= 0.6 is 0 Å². The van der Waals surface area contributed by atoms with Crippen LogP contribution in [0.3, 0.4) is 0 Å². The molecule has 0 unspecified atom stereocenters. The Kier molecular flexibility index (Phi) is 2.75. The summed E-state index contributed by atoms with van der Waals surface area (Å²) in [5.74, 6) is 0.851. The van der Waals surface area contributed by atoms with E-state index in [9.17, 15) is 0 Å². The average molecular weight is 192 g/mol. The highest BCUT2D eigenvalue weighted by Crippen LogP contribution is 2.24. The summed E-state index contributed by atoms with van der Waals surface area (Å²) in [6.07, 6.45) is 0.102. The zero-order chi connectivity index (χ0) is 9.97. The Labute approximate surface area is 84.2 Å². The minimum Gasteiger partial charge on any atom is -0.511 e. The molecule has 0 amide bonds. The molecule has 1 aliphatic rings. The van der Waals surface area contributed by atoms with Crippen molar-refractivity contribution in [3.63, 3.8) is 0 Å². The molecule has 0 radical (unpaired) electrons. The lowest BCUT2D eigenvalue weighted by atomic mass is 10.1. The van der Waals surface area contributed by atoms with Gasteiger partial charge in [0.25, 0.3) is 0 Å². The molecular weight excluding hydrogens is 179 g/mol. The molecule has 0 aromatic heterocycles. The van der Waals surface area contributed by atoms with E-state index in [-0.39, 0.29) is 6.10 Å². The van der Waals surface area contributed by atoms with Gasteiger partial charge in [-0.1, -0.05) is 18.2 Å². The molecule has 0 saturated heterocycles. The van der Waals surface area contributed by atoms with Gasteiger partial charge in [0, 0.05) is 11.7 Å². The van der Waals surface area contributed by atoms with Crippen LogP contribution < -0.4 is 4.65 Å². The first kappa shape index (κ1) is 9.56. The number of para-hydroxylation sites is 1. The van der Waals surface area contributed by atoms with Gasteiger partial charge in [-0.2, -0.15) is 0 Å². The summed E-state index contributed by atoms with van der Waals surface area (Å²) in [7, 11) is -0.565. The van der Waals surface area contributed by atoms with Gasteiger partial charge >= 0.3 is 7.32 Å². The van der Waals surface area contributed by atoms with Gasteiger partial charge in [0.1, 0.15) is 5.75 Å². The number of fused-ring (bicyclic) bond motifs is 1. The first-order valence-electron chi connectivity index (χ1n) is 4.77. The highest BCUT2D eigenvalue weighted by atomic mass is 16.7. The van der Waals surface area contributed by atoms with Crippen molar-refractivity contribution in [3.05, 3.63) is 29.8 Å². The van der Waals surface area contributed by atoms with Crippen molar-refractivity contribution in [2.45, 2.75) is 26.6 Å². The van der Waals surface area contributed by atoms with E-state index < -0.39 is 7.32 Å². The lowest BCUT2D eigenvalue weighted by molar-refractivity contribution is 0.0906. The Bertz CT molecular complexity index is 314. The minimum absolute atomic E-state index is 0.102. The van der Waals surface area contributed by atoms with E-state index in [0.29, 0.717) is 6.61 Å². The van der Waals surface area contributed by atoms with Crippen LogP contribution in [-0.4, -0.2) is 13.4 Å². The second kappa shape index (κ2) is 4.03. The van der Waals surface area contributed by atoms with Crippen molar-refractivity contribution < 1.29 is 14.0 Å². The van der Waals surface area contributed by atoms with E-state index in [1.54, 1.807) is 0 Å². The van der Waals surface area contributed by atoms with Crippen LogP contribution in [0.5, 0.6) is 5.75 Å². The second-order valence-electron chi connectivity index (χ2n) is 3.51. The van der Waals surface area contributed by atoms with Crippen molar-refractivity contribution in [3.8, 4) is 5.75 Å². The average Bonchev–Trinajstić information content (AvgIpc) is 2.17. The van der Waals surface area contributed by atoms with E-state index in [0.717, 1.165) is 11.3 Å². The van der Waals surface area contributed by atoms with E-state index in [4.69, 9.17) is 14.0 Å². The van der Waals surface area contributed by atoms with Crippen LogP contribution in [0.1, 0.15) is 19.4 Å². The van der Waals surface area contributed by atoms with Crippen LogP contribution in [0.15, 0.2) is 24.3 Å². The van der Waals surface area contributed by atoms with Crippen LogP contribution in [0.4, 0.5) is 0 Å². The molecule has 0 N–H and O–H groups in total. The third-order valence-electron chi connectivity index (χ3n) is 1.95. The van der Waals surface area contributed by atoms with Gasteiger partial charge in [-0.15, -0.1) is 0 Å². The Hall–Kier alpha value is -0.995. The Morgan fingerprint density at radius 2 is 2.14 bits per heavy atom. The summed E-state index contributed by atoms with van der Waals surface area (Å²) in [5.41, 5.74) is 1.07. The molecule has 1 aromatic carbocycles. The molecule has 74 valence electrons. The van der Waals surface area contributed by atoms with Gasteiger partial charge < -0.3 is 14.0 Å². The third kappa shape index (κ3) is 2.08. The van der Waals surface area contributed by atoms with Crippen LogP contribution in [-0.2, 0) is 15.9 Å². The summed E-state index contributed by atoms with van der Waals surface area (Å²) in [6, 6.07) is 7.82. The number of hydrogen-bond donors (Lipinski definition) is 0. The van der Waals surface area contributed by atoms with E-state index >= 15 is 0 Å². The van der Waals surface area contributed by atoms with Crippen molar-refractivity contribution in [2.75, 3.05) is 0 Å². The summed E-state index contributed by atoms with van der Waals surface area (Å²) in [5, 5.41) is 0. The van der Waals surface area contributed by atoms with Crippen molar-refractivity contribution in [1.82, 2.24) is 0 Å². The maximum Gasteiger partial charge on any atom is 0.713 e. The zero-order valence-electron chi connectivity index (χ0n) is 8.40. The number of hydrogen-bond acceptors (Lipinski definition) is 3. The fourth-order valence-electron chi connectivity index (χ4n) is 1.32. The predicted molar refractivity (Wildman–Crippen MR) is 53.8 cm³/mol. The molecule has 3 nitrogen and oxygen atoms in total. The molecule has 0 aliphatic carbocycles. The van der Waals surface area contributed by atoms with Crippen molar-refractivity contribution in [2.24, 2.45) is 0 Å². The van der Waals surface area contributed by atoms with Gasteiger partial charge in [-0.25, -0.2) is 0 Å². The van der Waals surface area contributed by atoms with Crippen LogP contribution in [0.2, 0.25) is 0 Å². The second-order valence-corrected chi connectivity index (χ2v) is 3.51. The van der Waals surface area contributed by atoms with Gasteiger partial charge in [-0.3, -0.25) is 0 Å². The third-order valence-corrected chi connectivity index (χ3v) is 1.95. The molecule has 1 aliphatic heterocycles. The smallest absolute Gasteiger partial charge is 0.511 e. The van der Waals surface area contributed by atoms with Crippen LogP contribution in [0, 0.1) is 0 Å². The quantitative estimate of drug-likeness (QED) is 0.670. The van der Waals surface area contributed by atoms with Crippen molar-refractivity contribution >= 4 is 7.32 Å². The Morgan fingerprint density at radius 1 is 1.36 bits per heavy atom. The largest absolute Gasteiger partial charge is 0.713 e. The molecule has 0 spiro atoms. The molecule has 0 saturated carbocycles. The van der Waals surface area contributed by atoms with E-state index in [1.807, 2.05) is 38.1 Å². The summed E-state index contributed by atoms with van der Waals surface area (Å²) >= 11 is 0. The van der Waals surface area contributed by atoms with Gasteiger partial charge in [0.2, 0.25) is 0 Å². The molecule has 2 rings (SSSR count). The summed E-state index contributed by atoms with van der Waals surface area (Å²) in [4.78, 5) is 0. The fourth-order valence-corrected chi connectivity index (χ4v) is 1.32. The standard InChI is InChI=1S/C10H13BO3/c1-8(2)13-11-12-7-9-5-3-4-6-10(9)14-11/h3-6,8H,7H2,1-2H3. The lowest BCUT2D eigenvalue weighted by Gasteiger charge is -2.23. The van der Waals surface area contributed by atoms with E-state index in [1.165, 1.54) is 0 Å². The normalized spacial score (nSPS) is 15.2. The highest BCUT2D eigenvalue weighted by Gasteiger charge is 2.30. The van der Waals surface area contributed by atoms with Crippen molar-refractivity contribution in [1.29, 1.82) is 0 Å². The number of rotatable bonds is 2. The summed E-state index contributed by atoms with van der Waals surface area (Å²) < 4.78 is 16.3. The monoisotopic (exact) mass is 192 g/mol. The molecule has 14 heavy (non-hydrogen) atoms. The molecule has 0 fully saturated rings. The molecule has 1 aromatic rings. The first-order valence-corrected chi connectivity index (χ1v) is 4.77. The number of benzene rings is 1. The minimum atomic E-state index is -0.565. The SMILES string of the molecule is CC(C)OB1OCc2ccccc2O1. The highest BCUT2D eigenvalue weighted by molar-refractivity contribution is 6.37. The van der Waals surface area contributed by atoms with Gasteiger partial charge in [-0.05, 0) is 19.9 Å². The Morgan fingerprint density at radius 3 is 2.93 bits per heavy atom. The Balaban J connectivity index is 2.06. The maximum atomic E-state index is 5.50.